The number of hydrogen-bond acceptors (Lipinski definition) is 1. The SMILES string of the molecule is C=C(C)COC1(C)c2ccccc2CC1C. The number of fused-ring (bicyclic) bond motifs is 1. The van der Waals surface area contributed by atoms with Crippen LogP contribution in [0.2, 0.25) is 0 Å². The molecule has 16 heavy (non-hydrogen) atoms. The molecule has 0 aromatic heterocycles. The van der Waals surface area contributed by atoms with Crippen LogP contribution in [-0.2, 0) is 16.8 Å². The number of ether oxygens (including phenoxy) is 1. The van der Waals surface area contributed by atoms with Crippen molar-refractivity contribution in [3.8, 4) is 0 Å². The summed E-state index contributed by atoms with van der Waals surface area (Å²) in [7, 11) is 0. The van der Waals surface area contributed by atoms with Gasteiger partial charge in [0.1, 0.15) is 0 Å². The van der Waals surface area contributed by atoms with Crippen LogP contribution in [0.15, 0.2) is 36.4 Å². The number of benzene rings is 1. The van der Waals surface area contributed by atoms with Crippen molar-refractivity contribution in [3.05, 3.63) is 47.5 Å². The topological polar surface area (TPSA) is 9.23 Å². The highest BCUT2D eigenvalue weighted by atomic mass is 16.5. The van der Waals surface area contributed by atoms with Gasteiger partial charge in [0.25, 0.3) is 0 Å². The van der Waals surface area contributed by atoms with Gasteiger partial charge in [0.05, 0.1) is 12.2 Å². The van der Waals surface area contributed by atoms with Crippen molar-refractivity contribution in [3.63, 3.8) is 0 Å². The summed E-state index contributed by atoms with van der Waals surface area (Å²) in [5.74, 6) is 0.532. The third-order valence-corrected chi connectivity index (χ3v) is 3.64. The van der Waals surface area contributed by atoms with Gasteiger partial charge in [0, 0.05) is 0 Å². The Hall–Kier alpha value is -1.08. The van der Waals surface area contributed by atoms with Crippen LogP contribution in [0.3, 0.4) is 0 Å². The molecule has 1 aromatic rings. The molecule has 0 saturated carbocycles. The smallest absolute Gasteiger partial charge is 0.0938 e. The maximum Gasteiger partial charge on any atom is 0.0938 e. The highest BCUT2D eigenvalue weighted by molar-refractivity contribution is 5.38. The van der Waals surface area contributed by atoms with Crippen LogP contribution in [0.25, 0.3) is 0 Å². The second kappa shape index (κ2) is 4.06. The van der Waals surface area contributed by atoms with Crippen molar-refractivity contribution < 1.29 is 4.74 Å². The highest BCUT2D eigenvalue weighted by Gasteiger charge is 2.41. The van der Waals surface area contributed by atoms with Gasteiger partial charge in [-0.1, -0.05) is 43.3 Å². The van der Waals surface area contributed by atoms with Crippen LogP contribution in [0, 0.1) is 5.92 Å². The van der Waals surface area contributed by atoms with Crippen molar-refractivity contribution in [1.82, 2.24) is 0 Å². The van der Waals surface area contributed by atoms with Crippen molar-refractivity contribution in [2.45, 2.75) is 32.8 Å². The Morgan fingerprint density at radius 3 is 2.88 bits per heavy atom. The Bertz CT molecular complexity index is 408. The Labute approximate surface area is 98.1 Å². The summed E-state index contributed by atoms with van der Waals surface area (Å²) in [4.78, 5) is 0. The van der Waals surface area contributed by atoms with Gasteiger partial charge in [-0.2, -0.15) is 0 Å². The van der Waals surface area contributed by atoms with Gasteiger partial charge in [-0.25, -0.2) is 0 Å². The summed E-state index contributed by atoms with van der Waals surface area (Å²) in [5, 5.41) is 0. The molecule has 1 nitrogen and oxygen atoms in total. The van der Waals surface area contributed by atoms with Gasteiger partial charge in [0.15, 0.2) is 0 Å². The second-order valence-electron chi connectivity index (χ2n) is 5.12. The third kappa shape index (κ3) is 1.80. The third-order valence-electron chi connectivity index (χ3n) is 3.64. The van der Waals surface area contributed by atoms with E-state index in [-0.39, 0.29) is 5.60 Å². The monoisotopic (exact) mass is 216 g/mol. The molecule has 0 spiro atoms. The normalized spacial score (nSPS) is 27.8. The first-order valence-electron chi connectivity index (χ1n) is 5.91. The lowest BCUT2D eigenvalue weighted by molar-refractivity contribution is -0.0546. The predicted octanol–water partition coefficient (Wildman–Crippen LogP) is 3.69. The minimum atomic E-state index is -0.143. The van der Waals surface area contributed by atoms with E-state index >= 15 is 0 Å². The fraction of sp³-hybridized carbons (Fsp3) is 0.467. The zero-order valence-corrected chi connectivity index (χ0v) is 10.4. The fourth-order valence-corrected chi connectivity index (χ4v) is 2.47. The molecule has 0 saturated heterocycles. The predicted molar refractivity (Wildman–Crippen MR) is 67.4 cm³/mol. The maximum atomic E-state index is 6.09. The summed E-state index contributed by atoms with van der Waals surface area (Å²) in [6.45, 7) is 11.0. The Kier molecular flexibility index (Phi) is 2.90. The lowest BCUT2D eigenvalue weighted by atomic mass is 9.90. The quantitative estimate of drug-likeness (QED) is 0.700. The van der Waals surface area contributed by atoms with E-state index in [1.165, 1.54) is 11.1 Å². The Balaban J connectivity index is 2.29. The fourth-order valence-electron chi connectivity index (χ4n) is 2.47. The zero-order valence-electron chi connectivity index (χ0n) is 10.4. The van der Waals surface area contributed by atoms with Crippen molar-refractivity contribution >= 4 is 0 Å². The maximum absolute atomic E-state index is 6.09. The summed E-state index contributed by atoms with van der Waals surface area (Å²) < 4.78 is 6.09. The van der Waals surface area contributed by atoms with Crippen molar-refractivity contribution in [2.24, 2.45) is 5.92 Å². The van der Waals surface area contributed by atoms with Gasteiger partial charge in [-0.05, 0) is 37.3 Å². The van der Waals surface area contributed by atoms with Gasteiger partial charge in [-0.3, -0.25) is 0 Å². The standard InChI is InChI=1S/C15H20O/c1-11(2)10-16-15(4)12(3)9-13-7-5-6-8-14(13)15/h5-8,12H,1,9-10H2,2-4H3. The van der Waals surface area contributed by atoms with E-state index in [4.69, 9.17) is 4.74 Å². The van der Waals surface area contributed by atoms with E-state index in [1.807, 2.05) is 6.92 Å². The Morgan fingerprint density at radius 1 is 1.50 bits per heavy atom. The van der Waals surface area contributed by atoms with Crippen LogP contribution in [0.5, 0.6) is 0 Å². The van der Waals surface area contributed by atoms with Crippen molar-refractivity contribution in [2.75, 3.05) is 6.61 Å². The molecule has 0 aliphatic heterocycles. The van der Waals surface area contributed by atoms with Gasteiger partial charge in [0.2, 0.25) is 0 Å². The van der Waals surface area contributed by atoms with E-state index < -0.39 is 0 Å². The van der Waals surface area contributed by atoms with E-state index in [0.717, 1.165) is 12.0 Å². The van der Waals surface area contributed by atoms with Crippen LogP contribution >= 0.6 is 0 Å². The minimum absolute atomic E-state index is 0.143. The first-order chi connectivity index (χ1) is 7.54. The van der Waals surface area contributed by atoms with Crippen LogP contribution < -0.4 is 0 Å². The average molecular weight is 216 g/mol. The highest BCUT2D eigenvalue weighted by Crippen LogP contribution is 2.43. The summed E-state index contributed by atoms with van der Waals surface area (Å²) in [5.41, 5.74) is 3.72. The van der Waals surface area contributed by atoms with E-state index in [1.54, 1.807) is 0 Å². The average Bonchev–Trinajstić information content (AvgIpc) is 2.50. The minimum Gasteiger partial charge on any atom is -0.366 e. The molecule has 1 aliphatic rings. The summed E-state index contributed by atoms with van der Waals surface area (Å²) in [6, 6.07) is 8.60. The molecule has 0 fully saturated rings. The van der Waals surface area contributed by atoms with Gasteiger partial charge >= 0.3 is 0 Å². The molecule has 0 bridgehead atoms. The van der Waals surface area contributed by atoms with Crippen LogP contribution in [0.4, 0.5) is 0 Å². The first-order valence-corrected chi connectivity index (χ1v) is 5.91. The lowest BCUT2D eigenvalue weighted by Crippen LogP contribution is -2.30. The molecule has 86 valence electrons. The van der Waals surface area contributed by atoms with Crippen LogP contribution in [0.1, 0.15) is 31.9 Å². The molecule has 2 atom stereocenters. The molecular formula is C15H20O. The van der Waals surface area contributed by atoms with Gasteiger partial charge in [-0.15, -0.1) is 0 Å². The van der Waals surface area contributed by atoms with E-state index in [9.17, 15) is 0 Å². The second-order valence-corrected chi connectivity index (χ2v) is 5.12. The lowest BCUT2D eigenvalue weighted by Gasteiger charge is -2.31. The zero-order chi connectivity index (χ0) is 11.8. The van der Waals surface area contributed by atoms with Gasteiger partial charge < -0.3 is 4.74 Å². The molecule has 1 aliphatic carbocycles. The van der Waals surface area contributed by atoms with Crippen molar-refractivity contribution in [1.29, 1.82) is 0 Å². The largest absolute Gasteiger partial charge is 0.366 e. The molecule has 0 radical (unpaired) electrons. The molecule has 0 heterocycles. The number of rotatable bonds is 3. The Morgan fingerprint density at radius 2 is 2.19 bits per heavy atom. The molecule has 2 unspecified atom stereocenters. The molecule has 1 heteroatoms. The molecule has 0 amide bonds. The number of hydrogen-bond donors (Lipinski definition) is 0. The molecule has 0 N–H and O–H groups in total. The summed E-state index contributed by atoms with van der Waals surface area (Å²) in [6.07, 6.45) is 1.11. The molecular weight excluding hydrogens is 196 g/mol. The first kappa shape index (κ1) is 11.4. The molecule has 1 aromatic carbocycles. The van der Waals surface area contributed by atoms with E-state index in [2.05, 4.69) is 44.7 Å². The molecule has 2 rings (SSSR count). The van der Waals surface area contributed by atoms with E-state index in [0.29, 0.717) is 12.5 Å². The summed E-state index contributed by atoms with van der Waals surface area (Å²) >= 11 is 0. The van der Waals surface area contributed by atoms with Crippen LogP contribution in [-0.4, -0.2) is 6.61 Å².